The second-order valence-corrected chi connectivity index (χ2v) is 4.45. The average Bonchev–Trinajstić information content (AvgIpc) is 2.82. The fourth-order valence-corrected chi connectivity index (χ4v) is 2.10. The fraction of sp³-hybridized carbons (Fsp3) is 0.385. The molecule has 1 amide bonds. The smallest absolute Gasteiger partial charge is 0.340 e. The Morgan fingerprint density at radius 3 is 3.00 bits per heavy atom. The van der Waals surface area contributed by atoms with Gasteiger partial charge in [-0.15, -0.1) is 0 Å². The highest BCUT2D eigenvalue weighted by atomic mass is 16.5. The second kappa shape index (κ2) is 5.60. The van der Waals surface area contributed by atoms with E-state index in [9.17, 15) is 9.59 Å². The van der Waals surface area contributed by atoms with E-state index >= 15 is 0 Å². The van der Waals surface area contributed by atoms with Crippen LogP contribution in [-0.4, -0.2) is 31.6 Å². The van der Waals surface area contributed by atoms with Crippen LogP contribution in [0.15, 0.2) is 18.2 Å². The Labute approximate surface area is 111 Å². The molecule has 0 aliphatic carbocycles. The molecule has 1 aromatic rings. The molecule has 6 heteroatoms. The van der Waals surface area contributed by atoms with Gasteiger partial charge in [0, 0.05) is 19.0 Å². The molecular formula is C13H17N3O3. The summed E-state index contributed by atoms with van der Waals surface area (Å²) in [5.74, 6) is -0.383. The van der Waals surface area contributed by atoms with Crippen molar-refractivity contribution in [2.45, 2.75) is 18.9 Å². The lowest BCUT2D eigenvalue weighted by molar-refractivity contribution is -0.119. The minimum Gasteiger partial charge on any atom is -0.465 e. The standard InChI is InChI=1S/C13H17N3O3/c1-19-13(18)9-3-2-4-10(14)12(9)15-7-8-5-6-11(17)16-8/h2-4,8,15H,5-7,14H2,1H3,(H,16,17). The number of methoxy groups -OCH3 is 1. The first-order valence-electron chi connectivity index (χ1n) is 6.12. The van der Waals surface area contributed by atoms with Crippen molar-refractivity contribution < 1.29 is 14.3 Å². The number of para-hydroxylation sites is 1. The summed E-state index contributed by atoms with van der Waals surface area (Å²) in [5, 5.41) is 5.97. The highest BCUT2D eigenvalue weighted by Gasteiger charge is 2.21. The molecule has 4 N–H and O–H groups in total. The van der Waals surface area contributed by atoms with Gasteiger partial charge < -0.3 is 21.1 Å². The summed E-state index contributed by atoms with van der Waals surface area (Å²) in [4.78, 5) is 22.8. The van der Waals surface area contributed by atoms with Crippen molar-refractivity contribution in [3.05, 3.63) is 23.8 Å². The number of benzene rings is 1. The Kier molecular flexibility index (Phi) is 3.89. The average molecular weight is 263 g/mol. The third kappa shape index (κ3) is 2.96. The Hall–Kier alpha value is -2.24. The van der Waals surface area contributed by atoms with E-state index < -0.39 is 5.97 Å². The number of hydrogen-bond donors (Lipinski definition) is 3. The van der Waals surface area contributed by atoms with E-state index in [0.29, 0.717) is 29.9 Å². The quantitative estimate of drug-likeness (QED) is 0.550. The molecule has 0 saturated carbocycles. The normalized spacial score (nSPS) is 17.9. The SMILES string of the molecule is COC(=O)c1cccc(N)c1NCC1CCC(=O)N1. The van der Waals surface area contributed by atoms with E-state index in [1.54, 1.807) is 18.2 Å². The fourth-order valence-electron chi connectivity index (χ4n) is 2.10. The number of nitrogen functional groups attached to an aromatic ring is 1. The molecule has 6 nitrogen and oxygen atoms in total. The van der Waals surface area contributed by atoms with E-state index in [1.807, 2.05) is 0 Å². The summed E-state index contributed by atoms with van der Waals surface area (Å²) in [6.07, 6.45) is 1.33. The molecule has 0 spiro atoms. The molecule has 1 saturated heterocycles. The number of hydrogen-bond acceptors (Lipinski definition) is 5. The zero-order valence-corrected chi connectivity index (χ0v) is 10.7. The summed E-state index contributed by atoms with van der Waals surface area (Å²) in [5.41, 5.74) is 7.29. The van der Waals surface area contributed by atoms with Gasteiger partial charge in [0.2, 0.25) is 5.91 Å². The summed E-state index contributed by atoms with van der Waals surface area (Å²) < 4.78 is 4.72. The first kappa shape index (κ1) is 13.2. The lowest BCUT2D eigenvalue weighted by atomic mass is 10.1. The maximum atomic E-state index is 11.6. The number of nitrogens with two attached hydrogens (primary N) is 1. The number of carbonyl (C=O) groups is 2. The van der Waals surface area contributed by atoms with Crippen LogP contribution >= 0.6 is 0 Å². The van der Waals surface area contributed by atoms with Crippen molar-refractivity contribution in [3.63, 3.8) is 0 Å². The molecule has 1 aliphatic rings. The summed E-state index contributed by atoms with van der Waals surface area (Å²) in [7, 11) is 1.33. The first-order valence-corrected chi connectivity index (χ1v) is 6.12. The zero-order chi connectivity index (χ0) is 13.8. The minimum atomic E-state index is -0.440. The van der Waals surface area contributed by atoms with Crippen molar-refractivity contribution in [3.8, 4) is 0 Å². The number of esters is 1. The number of ether oxygens (including phenoxy) is 1. The number of amides is 1. The van der Waals surface area contributed by atoms with Gasteiger partial charge in [-0.25, -0.2) is 4.79 Å². The molecule has 1 aliphatic heterocycles. The lowest BCUT2D eigenvalue weighted by Crippen LogP contribution is -2.32. The van der Waals surface area contributed by atoms with Gasteiger partial charge in [0.25, 0.3) is 0 Å². The van der Waals surface area contributed by atoms with Gasteiger partial charge in [0.1, 0.15) is 0 Å². The van der Waals surface area contributed by atoms with Crippen LogP contribution in [0.1, 0.15) is 23.2 Å². The Morgan fingerprint density at radius 2 is 2.37 bits per heavy atom. The molecule has 2 rings (SSSR count). The van der Waals surface area contributed by atoms with E-state index in [1.165, 1.54) is 7.11 Å². The van der Waals surface area contributed by atoms with Crippen molar-refractivity contribution in [1.29, 1.82) is 0 Å². The van der Waals surface area contributed by atoms with Crippen LogP contribution in [0.25, 0.3) is 0 Å². The molecule has 1 unspecified atom stereocenters. The largest absolute Gasteiger partial charge is 0.465 e. The van der Waals surface area contributed by atoms with Gasteiger partial charge in [0.15, 0.2) is 0 Å². The van der Waals surface area contributed by atoms with E-state index in [-0.39, 0.29) is 11.9 Å². The molecule has 1 fully saturated rings. The van der Waals surface area contributed by atoms with Crippen LogP contribution in [0.4, 0.5) is 11.4 Å². The third-order valence-corrected chi connectivity index (χ3v) is 3.11. The highest BCUT2D eigenvalue weighted by molar-refractivity contribution is 5.98. The van der Waals surface area contributed by atoms with Crippen LogP contribution in [0.3, 0.4) is 0 Å². The molecule has 1 atom stereocenters. The number of carbonyl (C=O) groups excluding carboxylic acids is 2. The third-order valence-electron chi connectivity index (χ3n) is 3.11. The van der Waals surface area contributed by atoms with Crippen LogP contribution in [0.2, 0.25) is 0 Å². The monoisotopic (exact) mass is 263 g/mol. The number of anilines is 2. The van der Waals surface area contributed by atoms with Gasteiger partial charge in [-0.3, -0.25) is 4.79 Å². The molecular weight excluding hydrogens is 246 g/mol. The van der Waals surface area contributed by atoms with Gasteiger partial charge >= 0.3 is 5.97 Å². The molecule has 0 aromatic heterocycles. The van der Waals surface area contributed by atoms with Crippen LogP contribution in [0.5, 0.6) is 0 Å². The van der Waals surface area contributed by atoms with Crippen LogP contribution in [-0.2, 0) is 9.53 Å². The van der Waals surface area contributed by atoms with Crippen molar-refractivity contribution in [2.75, 3.05) is 24.7 Å². The number of nitrogens with one attached hydrogen (secondary N) is 2. The van der Waals surface area contributed by atoms with Crippen LogP contribution in [0, 0.1) is 0 Å². The second-order valence-electron chi connectivity index (χ2n) is 4.45. The molecule has 0 radical (unpaired) electrons. The summed E-state index contributed by atoms with van der Waals surface area (Å²) in [6, 6.07) is 5.13. The van der Waals surface area contributed by atoms with E-state index in [4.69, 9.17) is 10.5 Å². The maximum absolute atomic E-state index is 11.6. The Balaban J connectivity index is 2.10. The molecule has 0 bridgehead atoms. The molecule has 1 aromatic carbocycles. The van der Waals surface area contributed by atoms with Crippen molar-refractivity contribution >= 4 is 23.3 Å². The molecule has 102 valence electrons. The van der Waals surface area contributed by atoms with Gasteiger partial charge in [-0.05, 0) is 18.6 Å². The molecule has 19 heavy (non-hydrogen) atoms. The molecule has 1 heterocycles. The first-order chi connectivity index (χ1) is 9.11. The zero-order valence-electron chi connectivity index (χ0n) is 10.7. The van der Waals surface area contributed by atoms with E-state index in [0.717, 1.165) is 6.42 Å². The van der Waals surface area contributed by atoms with Crippen molar-refractivity contribution in [1.82, 2.24) is 5.32 Å². The summed E-state index contributed by atoms with van der Waals surface area (Å²) >= 11 is 0. The topological polar surface area (TPSA) is 93.4 Å². The highest BCUT2D eigenvalue weighted by Crippen LogP contribution is 2.24. The maximum Gasteiger partial charge on any atom is 0.340 e. The Morgan fingerprint density at radius 1 is 1.58 bits per heavy atom. The minimum absolute atomic E-state index is 0.0565. The van der Waals surface area contributed by atoms with Crippen LogP contribution < -0.4 is 16.4 Å². The number of rotatable bonds is 4. The van der Waals surface area contributed by atoms with Gasteiger partial charge in [-0.2, -0.15) is 0 Å². The lowest BCUT2D eigenvalue weighted by Gasteiger charge is -2.16. The van der Waals surface area contributed by atoms with E-state index in [2.05, 4.69) is 10.6 Å². The van der Waals surface area contributed by atoms with Gasteiger partial charge in [-0.1, -0.05) is 6.07 Å². The van der Waals surface area contributed by atoms with Gasteiger partial charge in [0.05, 0.1) is 24.0 Å². The summed E-state index contributed by atoms with van der Waals surface area (Å²) in [6.45, 7) is 0.532. The van der Waals surface area contributed by atoms with Crippen molar-refractivity contribution in [2.24, 2.45) is 0 Å². The predicted molar refractivity (Wildman–Crippen MR) is 71.8 cm³/mol. The predicted octanol–water partition coefficient (Wildman–Crippen LogP) is 0.746. The Bertz CT molecular complexity index is 502.